The minimum atomic E-state index is -0.352. The maximum Gasteiger partial charge on any atom is 0.339 e. The number of aromatic nitrogens is 2. The van der Waals surface area contributed by atoms with E-state index in [-0.39, 0.29) is 18.1 Å². The topological polar surface area (TPSA) is 59.4 Å². The molecule has 0 bridgehead atoms. The first-order valence-electron chi connectivity index (χ1n) is 10.3. The Morgan fingerprint density at radius 2 is 1.94 bits per heavy atom. The monoisotopic (exact) mass is 434 g/mol. The first-order valence-corrected chi connectivity index (χ1v) is 10.7. The lowest BCUT2D eigenvalue weighted by Crippen LogP contribution is -2.29. The molecule has 31 heavy (non-hydrogen) atoms. The molecule has 2 aromatic heterocycles. The predicted molar refractivity (Wildman–Crippen MR) is 124 cm³/mol. The van der Waals surface area contributed by atoms with Crippen molar-refractivity contribution in [2.24, 2.45) is 0 Å². The Bertz CT molecular complexity index is 1130. The highest BCUT2D eigenvalue weighted by Gasteiger charge is 2.40. The lowest BCUT2D eigenvalue weighted by atomic mass is 9.97. The molecular formula is C24H26N4O2S. The fourth-order valence-electron chi connectivity index (χ4n) is 4.49. The Balaban J connectivity index is 1.86. The number of likely N-dealkylation sites (N-methyl/N-ethyl adjacent to an activating group) is 1. The van der Waals surface area contributed by atoms with Crippen molar-refractivity contribution < 1.29 is 9.53 Å². The molecule has 2 unspecified atom stereocenters. The van der Waals surface area contributed by atoms with Crippen LogP contribution in [0.2, 0.25) is 0 Å². The van der Waals surface area contributed by atoms with Crippen molar-refractivity contribution in [3.63, 3.8) is 0 Å². The first-order chi connectivity index (χ1) is 15.0. The molecule has 2 atom stereocenters. The number of methoxy groups -OCH3 is 1. The first kappa shape index (κ1) is 21.1. The van der Waals surface area contributed by atoms with E-state index in [1.807, 2.05) is 42.6 Å². The van der Waals surface area contributed by atoms with Gasteiger partial charge in [0.25, 0.3) is 0 Å². The second-order valence-corrected chi connectivity index (χ2v) is 7.97. The summed E-state index contributed by atoms with van der Waals surface area (Å²) < 4.78 is 7.13. The van der Waals surface area contributed by atoms with Gasteiger partial charge in [0.1, 0.15) is 0 Å². The van der Waals surface area contributed by atoms with Crippen molar-refractivity contribution in [2.45, 2.75) is 32.9 Å². The average molecular weight is 435 g/mol. The van der Waals surface area contributed by atoms with Crippen molar-refractivity contribution in [1.29, 1.82) is 0 Å². The minimum Gasteiger partial charge on any atom is -0.465 e. The number of pyridine rings is 1. The zero-order valence-corrected chi connectivity index (χ0v) is 18.9. The van der Waals surface area contributed by atoms with Crippen LogP contribution in [0.25, 0.3) is 5.69 Å². The summed E-state index contributed by atoms with van der Waals surface area (Å²) >= 11 is 5.66. The summed E-state index contributed by atoms with van der Waals surface area (Å²) in [5, 5.41) is 4.19. The molecule has 4 rings (SSSR count). The van der Waals surface area contributed by atoms with Crippen LogP contribution in [-0.2, 0) is 4.74 Å². The van der Waals surface area contributed by atoms with Crippen LogP contribution < -0.4 is 5.32 Å². The number of esters is 1. The van der Waals surface area contributed by atoms with Gasteiger partial charge in [0, 0.05) is 24.1 Å². The van der Waals surface area contributed by atoms with Gasteiger partial charge < -0.3 is 19.5 Å². The van der Waals surface area contributed by atoms with Crippen LogP contribution in [0.5, 0.6) is 0 Å². The molecule has 3 aromatic rings. The van der Waals surface area contributed by atoms with Gasteiger partial charge in [-0.05, 0) is 68.9 Å². The van der Waals surface area contributed by atoms with E-state index in [0.717, 1.165) is 40.0 Å². The number of thiocarbonyl (C=S) groups is 1. The molecule has 1 aliphatic rings. The molecule has 1 aliphatic heterocycles. The number of nitrogens with zero attached hydrogens (tertiary/aromatic N) is 3. The summed E-state index contributed by atoms with van der Waals surface area (Å²) in [5.74, 6) is -0.352. The molecule has 160 valence electrons. The van der Waals surface area contributed by atoms with Crippen LogP contribution in [0.4, 0.5) is 0 Å². The van der Waals surface area contributed by atoms with E-state index in [1.165, 1.54) is 7.11 Å². The van der Waals surface area contributed by atoms with Crippen LogP contribution in [0, 0.1) is 13.8 Å². The quantitative estimate of drug-likeness (QED) is 0.478. The van der Waals surface area contributed by atoms with Gasteiger partial charge in [0.05, 0.1) is 36.1 Å². The van der Waals surface area contributed by atoms with Gasteiger partial charge >= 0.3 is 5.97 Å². The molecule has 0 spiro atoms. The molecule has 6 nitrogen and oxygen atoms in total. The van der Waals surface area contributed by atoms with Crippen molar-refractivity contribution in [2.75, 3.05) is 13.7 Å². The van der Waals surface area contributed by atoms with Gasteiger partial charge in [-0.3, -0.25) is 4.98 Å². The third kappa shape index (κ3) is 3.59. The number of carbonyl (C=O) groups is 1. The van der Waals surface area contributed by atoms with E-state index in [9.17, 15) is 4.79 Å². The summed E-state index contributed by atoms with van der Waals surface area (Å²) in [4.78, 5) is 19.2. The van der Waals surface area contributed by atoms with Crippen LogP contribution >= 0.6 is 12.2 Å². The standard InChI is InChI=1S/C24H26N4O2S/c1-5-27-22(21(26-24(27)31)19-11-8-9-13-25-19)18-14-15(2)28(16(18)3)20-12-7-6-10-17(20)23(29)30-4/h6-14,21-22H,5H2,1-4H3,(H,26,31). The van der Waals surface area contributed by atoms with Crippen LogP contribution in [0.3, 0.4) is 0 Å². The third-order valence-corrected chi connectivity index (χ3v) is 6.23. The van der Waals surface area contributed by atoms with Gasteiger partial charge in [-0.1, -0.05) is 18.2 Å². The largest absolute Gasteiger partial charge is 0.465 e. The number of carbonyl (C=O) groups excluding carboxylic acids is 1. The van der Waals surface area contributed by atoms with Gasteiger partial charge in [-0.2, -0.15) is 0 Å². The lowest BCUT2D eigenvalue weighted by Gasteiger charge is -2.27. The fraction of sp³-hybridized carbons (Fsp3) is 0.292. The molecule has 0 radical (unpaired) electrons. The number of ether oxygens (including phenoxy) is 1. The van der Waals surface area contributed by atoms with Crippen molar-refractivity contribution in [3.8, 4) is 5.69 Å². The molecule has 1 fully saturated rings. The molecule has 0 saturated carbocycles. The maximum absolute atomic E-state index is 12.4. The van der Waals surface area contributed by atoms with Gasteiger partial charge in [-0.15, -0.1) is 0 Å². The number of para-hydroxylation sites is 1. The highest BCUT2D eigenvalue weighted by atomic mass is 32.1. The van der Waals surface area contributed by atoms with Crippen LogP contribution in [-0.4, -0.2) is 39.2 Å². The molecule has 0 amide bonds. The molecule has 1 saturated heterocycles. The van der Waals surface area contributed by atoms with Crippen molar-refractivity contribution in [1.82, 2.24) is 19.8 Å². The summed E-state index contributed by atoms with van der Waals surface area (Å²) in [7, 11) is 1.40. The second kappa shape index (κ2) is 8.51. The van der Waals surface area contributed by atoms with Gasteiger partial charge in [0.15, 0.2) is 5.11 Å². The van der Waals surface area contributed by atoms with E-state index in [1.54, 1.807) is 6.07 Å². The Morgan fingerprint density at radius 1 is 1.19 bits per heavy atom. The maximum atomic E-state index is 12.4. The summed E-state index contributed by atoms with van der Waals surface area (Å²) in [6.45, 7) is 7.02. The number of rotatable bonds is 5. The number of nitrogens with one attached hydrogen (secondary N) is 1. The molecule has 7 heteroatoms. The number of aryl methyl sites for hydroxylation is 1. The lowest BCUT2D eigenvalue weighted by molar-refractivity contribution is 0.0600. The Morgan fingerprint density at radius 3 is 2.61 bits per heavy atom. The van der Waals surface area contributed by atoms with E-state index < -0.39 is 0 Å². The Kier molecular flexibility index (Phi) is 5.78. The van der Waals surface area contributed by atoms with E-state index in [0.29, 0.717) is 5.56 Å². The molecule has 3 heterocycles. The number of hydrogen-bond donors (Lipinski definition) is 1. The summed E-state index contributed by atoms with van der Waals surface area (Å²) in [5.41, 5.74) is 5.54. The van der Waals surface area contributed by atoms with Gasteiger partial charge in [-0.25, -0.2) is 4.79 Å². The summed E-state index contributed by atoms with van der Waals surface area (Å²) in [6.07, 6.45) is 1.81. The Hall–Kier alpha value is -3.19. The molecule has 1 N–H and O–H groups in total. The zero-order chi connectivity index (χ0) is 22.1. The SMILES string of the molecule is CCN1C(=S)NC(c2ccccn2)C1c1cc(C)n(-c2ccccc2C(=O)OC)c1C. The van der Waals surface area contributed by atoms with Gasteiger partial charge in [0.2, 0.25) is 0 Å². The van der Waals surface area contributed by atoms with Crippen molar-refractivity contribution in [3.05, 3.63) is 82.9 Å². The fourth-order valence-corrected chi connectivity index (χ4v) is 4.86. The minimum absolute atomic E-state index is 0.00219. The highest BCUT2D eigenvalue weighted by molar-refractivity contribution is 7.80. The smallest absolute Gasteiger partial charge is 0.339 e. The molecular weight excluding hydrogens is 408 g/mol. The van der Waals surface area contributed by atoms with E-state index in [2.05, 4.69) is 46.6 Å². The molecule has 0 aliphatic carbocycles. The molecule has 1 aromatic carbocycles. The Labute approximate surface area is 187 Å². The average Bonchev–Trinajstić information content (AvgIpc) is 3.28. The zero-order valence-electron chi connectivity index (χ0n) is 18.1. The summed E-state index contributed by atoms with van der Waals surface area (Å²) in [6, 6.07) is 15.6. The highest BCUT2D eigenvalue weighted by Crippen LogP contribution is 2.41. The third-order valence-electron chi connectivity index (χ3n) is 5.88. The van der Waals surface area contributed by atoms with E-state index >= 15 is 0 Å². The normalized spacial score (nSPS) is 18.2. The number of benzene rings is 1. The number of hydrogen-bond acceptors (Lipinski definition) is 4. The predicted octanol–water partition coefficient (Wildman–Crippen LogP) is 4.27. The van der Waals surface area contributed by atoms with Crippen molar-refractivity contribution >= 4 is 23.3 Å². The van der Waals surface area contributed by atoms with Crippen LogP contribution in [0.15, 0.2) is 54.7 Å². The second-order valence-electron chi connectivity index (χ2n) is 7.58. The van der Waals surface area contributed by atoms with Crippen LogP contribution in [0.1, 0.15) is 52.0 Å². The van der Waals surface area contributed by atoms with E-state index in [4.69, 9.17) is 17.0 Å².